The highest BCUT2D eigenvalue weighted by Crippen LogP contribution is 2.17. The standard InChI is InChI=1S/C15H19N3OS/c1-11(16-7-6-15-17-8-9-20-15)13-4-3-5-14(10-13)18-12(2)19/h3-5,8-11,16H,6-7H2,1-2H3,(H,18,19). The minimum absolute atomic E-state index is 0.0495. The SMILES string of the molecule is CC(=O)Nc1cccc(C(C)NCCc2nccs2)c1. The van der Waals surface area contributed by atoms with Gasteiger partial charge in [-0.1, -0.05) is 12.1 Å². The number of anilines is 1. The van der Waals surface area contributed by atoms with Crippen LogP contribution in [-0.2, 0) is 11.2 Å². The summed E-state index contributed by atoms with van der Waals surface area (Å²) in [5.74, 6) is -0.0495. The Bertz CT molecular complexity index is 554. The van der Waals surface area contributed by atoms with E-state index < -0.39 is 0 Å². The summed E-state index contributed by atoms with van der Waals surface area (Å²) in [6.07, 6.45) is 2.77. The molecule has 2 aromatic rings. The molecule has 0 aliphatic carbocycles. The third-order valence-electron chi connectivity index (χ3n) is 2.98. The summed E-state index contributed by atoms with van der Waals surface area (Å²) in [6.45, 7) is 4.52. The summed E-state index contributed by atoms with van der Waals surface area (Å²) in [7, 11) is 0. The highest BCUT2D eigenvalue weighted by molar-refractivity contribution is 7.09. The zero-order valence-corrected chi connectivity index (χ0v) is 12.5. The van der Waals surface area contributed by atoms with Gasteiger partial charge >= 0.3 is 0 Å². The van der Waals surface area contributed by atoms with E-state index in [4.69, 9.17) is 0 Å². The van der Waals surface area contributed by atoms with E-state index in [0.717, 1.165) is 29.2 Å². The summed E-state index contributed by atoms with van der Waals surface area (Å²) < 4.78 is 0. The summed E-state index contributed by atoms with van der Waals surface area (Å²) in [5, 5.41) is 9.42. The zero-order valence-electron chi connectivity index (χ0n) is 11.7. The highest BCUT2D eigenvalue weighted by atomic mass is 32.1. The molecule has 0 fully saturated rings. The van der Waals surface area contributed by atoms with Crippen molar-refractivity contribution in [2.45, 2.75) is 26.3 Å². The fourth-order valence-corrected chi connectivity index (χ4v) is 2.60. The van der Waals surface area contributed by atoms with E-state index in [9.17, 15) is 4.79 Å². The molecule has 1 atom stereocenters. The minimum atomic E-state index is -0.0495. The average Bonchev–Trinajstić information content (AvgIpc) is 2.91. The van der Waals surface area contributed by atoms with E-state index in [0.29, 0.717) is 0 Å². The molecule has 0 spiro atoms. The van der Waals surface area contributed by atoms with Crippen molar-refractivity contribution in [3.8, 4) is 0 Å². The number of rotatable bonds is 6. The summed E-state index contributed by atoms with van der Waals surface area (Å²) in [6, 6.07) is 8.16. The molecule has 0 saturated carbocycles. The first kappa shape index (κ1) is 14.7. The molecule has 106 valence electrons. The van der Waals surface area contributed by atoms with Gasteiger partial charge in [0.05, 0.1) is 5.01 Å². The van der Waals surface area contributed by atoms with Crippen molar-refractivity contribution >= 4 is 22.9 Å². The third-order valence-corrected chi connectivity index (χ3v) is 3.82. The molecule has 0 aliphatic heterocycles. The van der Waals surface area contributed by atoms with Crippen molar-refractivity contribution in [2.75, 3.05) is 11.9 Å². The highest BCUT2D eigenvalue weighted by Gasteiger charge is 2.06. The third kappa shape index (κ3) is 4.43. The Labute approximate surface area is 123 Å². The second-order valence-electron chi connectivity index (χ2n) is 4.66. The molecule has 0 radical (unpaired) electrons. The minimum Gasteiger partial charge on any atom is -0.326 e. The number of amides is 1. The number of nitrogens with one attached hydrogen (secondary N) is 2. The van der Waals surface area contributed by atoms with Gasteiger partial charge in [-0.2, -0.15) is 0 Å². The largest absolute Gasteiger partial charge is 0.326 e. The molecule has 4 nitrogen and oxygen atoms in total. The van der Waals surface area contributed by atoms with E-state index in [1.165, 1.54) is 6.92 Å². The van der Waals surface area contributed by atoms with Gasteiger partial charge in [0.2, 0.25) is 5.91 Å². The van der Waals surface area contributed by atoms with Crippen LogP contribution in [0.15, 0.2) is 35.8 Å². The smallest absolute Gasteiger partial charge is 0.221 e. The summed E-state index contributed by atoms with van der Waals surface area (Å²) in [4.78, 5) is 15.3. The van der Waals surface area contributed by atoms with Crippen molar-refractivity contribution < 1.29 is 4.79 Å². The summed E-state index contributed by atoms with van der Waals surface area (Å²) in [5.41, 5.74) is 2.00. The molecule has 5 heteroatoms. The number of hydrogen-bond acceptors (Lipinski definition) is 4. The first-order chi connectivity index (χ1) is 9.65. The van der Waals surface area contributed by atoms with Crippen molar-refractivity contribution in [2.24, 2.45) is 0 Å². The average molecular weight is 289 g/mol. The Hall–Kier alpha value is -1.72. The first-order valence-corrected chi connectivity index (χ1v) is 7.52. The Balaban J connectivity index is 1.88. The Morgan fingerprint density at radius 3 is 3.00 bits per heavy atom. The van der Waals surface area contributed by atoms with Crippen LogP contribution >= 0.6 is 11.3 Å². The van der Waals surface area contributed by atoms with Gasteiger partial charge in [0.15, 0.2) is 0 Å². The van der Waals surface area contributed by atoms with E-state index >= 15 is 0 Å². The van der Waals surface area contributed by atoms with Crippen molar-refractivity contribution in [1.82, 2.24) is 10.3 Å². The van der Waals surface area contributed by atoms with Gasteiger partial charge in [-0.25, -0.2) is 4.98 Å². The van der Waals surface area contributed by atoms with Crippen molar-refractivity contribution in [1.29, 1.82) is 0 Å². The second kappa shape index (κ2) is 7.17. The number of hydrogen-bond donors (Lipinski definition) is 2. The van der Waals surface area contributed by atoms with E-state index in [1.807, 2.05) is 29.8 Å². The van der Waals surface area contributed by atoms with Crippen LogP contribution in [0.4, 0.5) is 5.69 Å². The van der Waals surface area contributed by atoms with Crippen LogP contribution in [0.3, 0.4) is 0 Å². The second-order valence-corrected chi connectivity index (χ2v) is 5.64. The predicted octanol–water partition coefficient (Wildman–Crippen LogP) is 2.99. The fraction of sp³-hybridized carbons (Fsp3) is 0.333. The lowest BCUT2D eigenvalue weighted by atomic mass is 10.1. The van der Waals surface area contributed by atoms with E-state index in [2.05, 4.69) is 28.6 Å². The molecule has 20 heavy (non-hydrogen) atoms. The molecule has 0 saturated heterocycles. The van der Waals surface area contributed by atoms with E-state index in [-0.39, 0.29) is 11.9 Å². The van der Waals surface area contributed by atoms with Crippen molar-refractivity contribution in [3.63, 3.8) is 0 Å². The van der Waals surface area contributed by atoms with Gasteiger partial charge < -0.3 is 10.6 Å². The van der Waals surface area contributed by atoms with Gasteiger partial charge in [0, 0.05) is 43.2 Å². The van der Waals surface area contributed by atoms with Gasteiger partial charge in [-0.15, -0.1) is 11.3 Å². The predicted molar refractivity (Wildman–Crippen MR) is 83.0 cm³/mol. The molecule has 1 aromatic heterocycles. The van der Waals surface area contributed by atoms with Gasteiger partial charge in [0.25, 0.3) is 0 Å². The Morgan fingerprint density at radius 2 is 2.30 bits per heavy atom. The summed E-state index contributed by atoms with van der Waals surface area (Å²) >= 11 is 1.68. The molecule has 2 N–H and O–H groups in total. The van der Waals surface area contributed by atoms with Crippen LogP contribution in [0, 0.1) is 0 Å². The van der Waals surface area contributed by atoms with Gasteiger partial charge in [-0.05, 0) is 24.6 Å². The van der Waals surface area contributed by atoms with Crippen LogP contribution in [0.5, 0.6) is 0 Å². The lowest BCUT2D eigenvalue weighted by molar-refractivity contribution is -0.114. The van der Waals surface area contributed by atoms with Crippen molar-refractivity contribution in [3.05, 3.63) is 46.4 Å². The lowest BCUT2D eigenvalue weighted by Crippen LogP contribution is -2.21. The fourth-order valence-electron chi connectivity index (χ4n) is 1.98. The van der Waals surface area contributed by atoms with Crippen LogP contribution in [-0.4, -0.2) is 17.4 Å². The number of nitrogens with zero attached hydrogens (tertiary/aromatic N) is 1. The zero-order chi connectivity index (χ0) is 14.4. The van der Waals surface area contributed by atoms with E-state index in [1.54, 1.807) is 11.3 Å². The maximum atomic E-state index is 11.1. The lowest BCUT2D eigenvalue weighted by Gasteiger charge is -2.15. The van der Waals surface area contributed by atoms with Crippen LogP contribution in [0.1, 0.15) is 30.5 Å². The normalized spacial score (nSPS) is 12.1. The number of benzene rings is 1. The number of aromatic nitrogens is 1. The number of thiazole rings is 1. The Morgan fingerprint density at radius 1 is 1.45 bits per heavy atom. The maximum absolute atomic E-state index is 11.1. The molecule has 1 heterocycles. The molecule has 0 bridgehead atoms. The Kier molecular flexibility index (Phi) is 5.26. The topological polar surface area (TPSA) is 54.0 Å². The first-order valence-electron chi connectivity index (χ1n) is 6.64. The molecule has 2 rings (SSSR count). The molecule has 1 amide bonds. The molecular formula is C15H19N3OS. The van der Waals surface area contributed by atoms with Gasteiger partial charge in [0.1, 0.15) is 0 Å². The molecule has 0 aliphatic rings. The van der Waals surface area contributed by atoms with Crippen LogP contribution in [0.2, 0.25) is 0 Å². The maximum Gasteiger partial charge on any atom is 0.221 e. The van der Waals surface area contributed by atoms with Crippen LogP contribution < -0.4 is 10.6 Å². The van der Waals surface area contributed by atoms with Gasteiger partial charge in [-0.3, -0.25) is 4.79 Å². The monoisotopic (exact) mass is 289 g/mol. The molecular weight excluding hydrogens is 270 g/mol. The molecule has 1 aromatic carbocycles. The molecule has 1 unspecified atom stereocenters. The van der Waals surface area contributed by atoms with Crippen LogP contribution in [0.25, 0.3) is 0 Å². The number of carbonyl (C=O) groups is 1. The number of carbonyl (C=O) groups excluding carboxylic acids is 1. The quantitative estimate of drug-likeness (QED) is 0.859.